The molecule has 0 unspecified atom stereocenters. The van der Waals surface area contributed by atoms with Gasteiger partial charge in [-0.1, -0.05) is 6.92 Å². The van der Waals surface area contributed by atoms with Crippen LogP contribution in [0.4, 0.5) is 5.69 Å². The molecule has 0 aliphatic heterocycles. The van der Waals surface area contributed by atoms with E-state index in [0.717, 1.165) is 30.9 Å². The molecule has 0 saturated heterocycles. The highest BCUT2D eigenvalue weighted by Crippen LogP contribution is 2.15. The van der Waals surface area contributed by atoms with E-state index >= 15 is 0 Å². The summed E-state index contributed by atoms with van der Waals surface area (Å²) in [6.45, 7) is 7.74. The standard InChI is InChI=1S/C14H23NO2/c1-4-14(2,3)17-11-5-10-16-13-8-6-12(15)7-9-13/h6-9H,4-5,10-11,15H2,1-3H3. The molecule has 3 nitrogen and oxygen atoms in total. The first-order chi connectivity index (χ1) is 8.03. The summed E-state index contributed by atoms with van der Waals surface area (Å²) in [7, 11) is 0. The summed E-state index contributed by atoms with van der Waals surface area (Å²) in [5, 5.41) is 0. The molecule has 3 heteroatoms. The van der Waals surface area contributed by atoms with Gasteiger partial charge in [-0.25, -0.2) is 0 Å². The Morgan fingerprint density at radius 1 is 1.12 bits per heavy atom. The third-order valence-corrected chi connectivity index (χ3v) is 2.78. The number of hydrogen-bond acceptors (Lipinski definition) is 3. The molecular weight excluding hydrogens is 214 g/mol. The molecule has 1 aromatic rings. The first kappa shape index (κ1) is 13.8. The van der Waals surface area contributed by atoms with Crippen LogP contribution in [0.2, 0.25) is 0 Å². The molecule has 0 bridgehead atoms. The highest BCUT2D eigenvalue weighted by molar-refractivity contribution is 5.41. The maximum Gasteiger partial charge on any atom is 0.119 e. The number of nitrogens with two attached hydrogens (primary N) is 1. The number of hydrogen-bond donors (Lipinski definition) is 1. The van der Waals surface area contributed by atoms with Crippen molar-refractivity contribution < 1.29 is 9.47 Å². The highest BCUT2D eigenvalue weighted by Gasteiger charge is 2.14. The van der Waals surface area contributed by atoms with Crippen LogP contribution in [0.5, 0.6) is 5.75 Å². The van der Waals surface area contributed by atoms with E-state index in [4.69, 9.17) is 15.2 Å². The second-order valence-corrected chi connectivity index (χ2v) is 4.73. The van der Waals surface area contributed by atoms with Gasteiger partial charge in [0.25, 0.3) is 0 Å². The second-order valence-electron chi connectivity index (χ2n) is 4.73. The van der Waals surface area contributed by atoms with E-state index in [1.54, 1.807) is 0 Å². The molecule has 2 N–H and O–H groups in total. The quantitative estimate of drug-likeness (QED) is 0.585. The van der Waals surface area contributed by atoms with Crippen molar-refractivity contribution in [3.05, 3.63) is 24.3 Å². The van der Waals surface area contributed by atoms with Crippen LogP contribution in [0.1, 0.15) is 33.6 Å². The van der Waals surface area contributed by atoms with E-state index in [9.17, 15) is 0 Å². The lowest BCUT2D eigenvalue weighted by molar-refractivity contribution is -0.0241. The first-order valence-electron chi connectivity index (χ1n) is 6.16. The zero-order valence-corrected chi connectivity index (χ0v) is 11.0. The van der Waals surface area contributed by atoms with Crippen molar-refractivity contribution in [2.24, 2.45) is 0 Å². The molecule has 0 fully saturated rings. The van der Waals surface area contributed by atoms with Crippen LogP contribution in [0.25, 0.3) is 0 Å². The van der Waals surface area contributed by atoms with Crippen molar-refractivity contribution >= 4 is 5.69 Å². The smallest absolute Gasteiger partial charge is 0.119 e. The van der Waals surface area contributed by atoms with Gasteiger partial charge in [-0.05, 0) is 44.5 Å². The lowest BCUT2D eigenvalue weighted by Gasteiger charge is -2.23. The molecule has 0 radical (unpaired) electrons. The minimum atomic E-state index is -0.0266. The first-order valence-corrected chi connectivity index (χ1v) is 6.16. The number of rotatable bonds is 7. The summed E-state index contributed by atoms with van der Waals surface area (Å²) in [6, 6.07) is 7.44. The molecule has 96 valence electrons. The summed E-state index contributed by atoms with van der Waals surface area (Å²) >= 11 is 0. The molecule has 0 heterocycles. The van der Waals surface area contributed by atoms with Crippen molar-refractivity contribution in [3.8, 4) is 5.75 Å². The predicted molar refractivity (Wildman–Crippen MR) is 71.3 cm³/mol. The fourth-order valence-corrected chi connectivity index (χ4v) is 1.26. The van der Waals surface area contributed by atoms with Crippen molar-refractivity contribution in [1.82, 2.24) is 0 Å². The van der Waals surface area contributed by atoms with Gasteiger partial charge in [0.15, 0.2) is 0 Å². The number of anilines is 1. The molecule has 0 aliphatic rings. The summed E-state index contributed by atoms with van der Waals surface area (Å²) in [4.78, 5) is 0. The van der Waals surface area contributed by atoms with Crippen LogP contribution in [-0.2, 0) is 4.74 Å². The van der Waals surface area contributed by atoms with Crippen LogP contribution >= 0.6 is 0 Å². The summed E-state index contributed by atoms with van der Waals surface area (Å²) < 4.78 is 11.3. The lowest BCUT2D eigenvalue weighted by Crippen LogP contribution is -2.24. The van der Waals surface area contributed by atoms with Gasteiger partial charge >= 0.3 is 0 Å². The van der Waals surface area contributed by atoms with Crippen LogP contribution < -0.4 is 10.5 Å². The Labute approximate surface area is 104 Å². The maximum atomic E-state index is 5.74. The van der Waals surface area contributed by atoms with Gasteiger partial charge < -0.3 is 15.2 Å². The van der Waals surface area contributed by atoms with Crippen molar-refractivity contribution in [2.45, 2.75) is 39.2 Å². The minimum Gasteiger partial charge on any atom is -0.494 e. The molecule has 0 aliphatic carbocycles. The molecule has 0 saturated carbocycles. The van der Waals surface area contributed by atoms with E-state index in [2.05, 4.69) is 20.8 Å². The van der Waals surface area contributed by atoms with E-state index in [1.807, 2.05) is 24.3 Å². The van der Waals surface area contributed by atoms with E-state index in [-0.39, 0.29) is 5.60 Å². The average molecular weight is 237 g/mol. The molecule has 1 aromatic carbocycles. The van der Waals surface area contributed by atoms with Crippen LogP contribution in [0.3, 0.4) is 0 Å². The molecule has 0 atom stereocenters. The van der Waals surface area contributed by atoms with E-state index in [1.165, 1.54) is 0 Å². The highest BCUT2D eigenvalue weighted by atomic mass is 16.5. The average Bonchev–Trinajstić information content (AvgIpc) is 2.31. The van der Waals surface area contributed by atoms with Gasteiger partial charge in [-0.15, -0.1) is 0 Å². The number of ether oxygens (including phenoxy) is 2. The summed E-state index contributed by atoms with van der Waals surface area (Å²) in [5.74, 6) is 0.856. The topological polar surface area (TPSA) is 44.5 Å². The number of nitrogen functional groups attached to an aromatic ring is 1. The van der Waals surface area contributed by atoms with E-state index in [0.29, 0.717) is 6.61 Å². The lowest BCUT2D eigenvalue weighted by atomic mass is 10.1. The monoisotopic (exact) mass is 237 g/mol. The maximum absolute atomic E-state index is 5.74. The van der Waals surface area contributed by atoms with Crippen LogP contribution in [0.15, 0.2) is 24.3 Å². The number of benzene rings is 1. The van der Waals surface area contributed by atoms with Gasteiger partial charge in [0, 0.05) is 12.1 Å². The summed E-state index contributed by atoms with van der Waals surface area (Å²) in [5.41, 5.74) is 6.32. The van der Waals surface area contributed by atoms with Gasteiger partial charge in [0.05, 0.1) is 18.8 Å². The fourth-order valence-electron chi connectivity index (χ4n) is 1.26. The predicted octanol–water partition coefficient (Wildman–Crippen LogP) is 3.24. The third kappa shape index (κ3) is 5.59. The molecule has 0 amide bonds. The van der Waals surface area contributed by atoms with Crippen molar-refractivity contribution in [1.29, 1.82) is 0 Å². The third-order valence-electron chi connectivity index (χ3n) is 2.78. The Morgan fingerprint density at radius 2 is 1.76 bits per heavy atom. The Hall–Kier alpha value is -1.22. The van der Waals surface area contributed by atoms with Crippen molar-refractivity contribution in [3.63, 3.8) is 0 Å². The van der Waals surface area contributed by atoms with E-state index < -0.39 is 0 Å². The zero-order valence-electron chi connectivity index (χ0n) is 11.0. The Bertz CT molecular complexity index is 319. The summed E-state index contributed by atoms with van der Waals surface area (Å²) in [6.07, 6.45) is 1.92. The Balaban J connectivity index is 2.14. The van der Waals surface area contributed by atoms with Gasteiger partial charge in [0.2, 0.25) is 0 Å². The second kappa shape index (κ2) is 6.50. The van der Waals surface area contributed by atoms with Gasteiger partial charge in [0.1, 0.15) is 5.75 Å². The van der Waals surface area contributed by atoms with Crippen molar-refractivity contribution in [2.75, 3.05) is 18.9 Å². The van der Waals surface area contributed by atoms with Crippen LogP contribution in [0, 0.1) is 0 Å². The normalized spacial score (nSPS) is 11.5. The van der Waals surface area contributed by atoms with Gasteiger partial charge in [-0.3, -0.25) is 0 Å². The minimum absolute atomic E-state index is 0.0266. The van der Waals surface area contributed by atoms with Crippen LogP contribution in [-0.4, -0.2) is 18.8 Å². The Kier molecular flexibility index (Phi) is 5.29. The molecular formula is C14H23NO2. The molecule has 0 spiro atoms. The zero-order chi connectivity index (χ0) is 12.7. The fraction of sp³-hybridized carbons (Fsp3) is 0.571. The molecule has 1 rings (SSSR count). The molecule has 17 heavy (non-hydrogen) atoms. The largest absolute Gasteiger partial charge is 0.494 e. The van der Waals surface area contributed by atoms with Gasteiger partial charge in [-0.2, -0.15) is 0 Å². The molecule has 0 aromatic heterocycles. The Morgan fingerprint density at radius 3 is 2.35 bits per heavy atom. The SMILES string of the molecule is CCC(C)(C)OCCCOc1ccc(N)cc1.